The number of aliphatic hydroxyl groups is 1. The van der Waals surface area contributed by atoms with Crippen molar-refractivity contribution in [2.75, 3.05) is 26.3 Å². The van der Waals surface area contributed by atoms with Crippen LogP contribution in [0.4, 0.5) is 0 Å². The van der Waals surface area contributed by atoms with Crippen molar-refractivity contribution >= 4 is 0 Å². The summed E-state index contributed by atoms with van der Waals surface area (Å²) in [6, 6.07) is 6.58. The Kier molecular flexibility index (Phi) is 7.44. The van der Waals surface area contributed by atoms with Crippen LogP contribution in [0, 0.1) is 13.8 Å². The molecule has 4 nitrogen and oxygen atoms in total. The highest BCUT2D eigenvalue weighted by atomic mass is 16.5. The highest BCUT2D eigenvalue weighted by Gasteiger charge is 2.22. The van der Waals surface area contributed by atoms with E-state index < -0.39 is 6.10 Å². The third-order valence-electron chi connectivity index (χ3n) is 4.56. The number of ether oxygens (including phenoxy) is 2. The second-order valence-corrected chi connectivity index (χ2v) is 8.34. The van der Waals surface area contributed by atoms with E-state index in [1.54, 1.807) is 0 Å². The van der Waals surface area contributed by atoms with E-state index in [1.165, 1.54) is 16.7 Å². The number of benzene rings is 1. The Bertz CT molecular complexity index is 532. The quantitative estimate of drug-likeness (QED) is 0.780. The summed E-state index contributed by atoms with van der Waals surface area (Å²) in [5, 5.41) is 10.4. The van der Waals surface area contributed by atoms with Crippen molar-refractivity contribution in [3.63, 3.8) is 0 Å². The maximum absolute atomic E-state index is 10.4. The van der Waals surface area contributed by atoms with Crippen LogP contribution < -0.4 is 0 Å². The van der Waals surface area contributed by atoms with E-state index in [4.69, 9.17) is 9.47 Å². The fraction of sp³-hybridized carbons (Fsp3) is 0.714. The highest BCUT2D eigenvalue weighted by Crippen LogP contribution is 2.18. The van der Waals surface area contributed by atoms with Crippen LogP contribution >= 0.6 is 0 Å². The van der Waals surface area contributed by atoms with Crippen LogP contribution in [-0.4, -0.2) is 54.1 Å². The van der Waals surface area contributed by atoms with Gasteiger partial charge in [-0.15, -0.1) is 0 Å². The standard InChI is InChI=1S/C21H35NO3/c1-16-8-9-18(17(2)11-16)12-22(14-20-7-6-10-24-20)13-19(23)15-25-21(3,4)5/h8-9,11,19-20,23H,6-7,10,12-15H2,1-5H3. The predicted molar refractivity (Wildman–Crippen MR) is 102 cm³/mol. The van der Waals surface area contributed by atoms with Gasteiger partial charge in [-0.25, -0.2) is 0 Å². The van der Waals surface area contributed by atoms with Crippen molar-refractivity contribution < 1.29 is 14.6 Å². The third-order valence-corrected chi connectivity index (χ3v) is 4.56. The van der Waals surface area contributed by atoms with E-state index in [0.717, 1.165) is 32.5 Å². The lowest BCUT2D eigenvalue weighted by atomic mass is 10.0. The van der Waals surface area contributed by atoms with Crippen molar-refractivity contribution in [3.05, 3.63) is 34.9 Å². The van der Waals surface area contributed by atoms with Crippen LogP contribution in [0.1, 0.15) is 50.3 Å². The first kappa shape index (κ1) is 20.4. The van der Waals surface area contributed by atoms with Crippen LogP contribution in [-0.2, 0) is 16.0 Å². The molecular formula is C21H35NO3. The molecule has 1 aromatic rings. The minimum absolute atomic E-state index is 0.228. The lowest BCUT2D eigenvalue weighted by Crippen LogP contribution is -2.40. The Balaban J connectivity index is 1.98. The second kappa shape index (κ2) is 9.13. The molecule has 0 aromatic heterocycles. The van der Waals surface area contributed by atoms with Crippen molar-refractivity contribution in [2.24, 2.45) is 0 Å². The molecule has 1 aliphatic heterocycles. The first-order valence-corrected chi connectivity index (χ1v) is 9.45. The number of hydrogen-bond donors (Lipinski definition) is 1. The predicted octanol–water partition coefficient (Wildman–Crippen LogP) is 3.46. The summed E-state index contributed by atoms with van der Waals surface area (Å²) in [5.74, 6) is 0. The van der Waals surface area contributed by atoms with Gasteiger partial charge in [0.05, 0.1) is 24.4 Å². The first-order chi connectivity index (χ1) is 11.7. The second-order valence-electron chi connectivity index (χ2n) is 8.34. The zero-order valence-corrected chi connectivity index (χ0v) is 16.5. The van der Waals surface area contributed by atoms with Gasteiger partial charge in [-0.3, -0.25) is 4.90 Å². The summed E-state index contributed by atoms with van der Waals surface area (Å²) in [6.07, 6.45) is 2.03. The topological polar surface area (TPSA) is 41.9 Å². The smallest absolute Gasteiger partial charge is 0.0900 e. The monoisotopic (exact) mass is 349 g/mol. The van der Waals surface area contributed by atoms with Gasteiger partial charge in [-0.1, -0.05) is 23.8 Å². The molecule has 1 heterocycles. The van der Waals surface area contributed by atoms with Gasteiger partial charge < -0.3 is 14.6 Å². The summed E-state index contributed by atoms with van der Waals surface area (Å²) >= 11 is 0. The molecule has 1 aliphatic rings. The molecule has 0 amide bonds. The van der Waals surface area contributed by atoms with E-state index in [0.29, 0.717) is 13.2 Å². The van der Waals surface area contributed by atoms with Gasteiger partial charge in [0.2, 0.25) is 0 Å². The SMILES string of the molecule is Cc1ccc(CN(CC(O)COC(C)(C)C)CC2CCCO2)c(C)c1. The number of nitrogens with zero attached hydrogens (tertiary/aromatic N) is 1. The van der Waals surface area contributed by atoms with Gasteiger partial charge in [0.15, 0.2) is 0 Å². The third kappa shape index (κ3) is 7.45. The summed E-state index contributed by atoms with van der Waals surface area (Å²) in [7, 11) is 0. The summed E-state index contributed by atoms with van der Waals surface area (Å²) < 4.78 is 11.6. The average molecular weight is 350 g/mol. The summed E-state index contributed by atoms with van der Waals surface area (Å²) in [5.41, 5.74) is 3.67. The van der Waals surface area contributed by atoms with E-state index in [2.05, 4.69) is 36.9 Å². The molecule has 1 N–H and O–H groups in total. The maximum Gasteiger partial charge on any atom is 0.0900 e. The number of aliphatic hydroxyl groups excluding tert-OH is 1. The minimum atomic E-state index is -0.494. The average Bonchev–Trinajstić information content (AvgIpc) is 3.00. The van der Waals surface area contributed by atoms with Crippen LogP contribution in [0.15, 0.2) is 18.2 Å². The van der Waals surface area contributed by atoms with E-state index in [1.807, 2.05) is 20.8 Å². The molecule has 2 atom stereocenters. The molecule has 2 rings (SSSR count). The van der Waals surface area contributed by atoms with Crippen LogP contribution in [0.3, 0.4) is 0 Å². The molecule has 1 fully saturated rings. The van der Waals surface area contributed by atoms with E-state index in [-0.39, 0.29) is 11.7 Å². The number of aryl methyl sites for hydroxylation is 2. The number of rotatable bonds is 8. The largest absolute Gasteiger partial charge is 0.389 e. The molecule has 0 spiro atoms. The molecule has 142 valence electrons. The van der Waals surface area contributed by atoms with Gasteiger partial charge >= 0.3 is 0 Å². The molecular weight excluding hydrogens is 314 g/mol. The Hall–Kier alpha value is -0.940. The van der Waals surface area contributed by atoms with Crippen LogP contribution in [0.2, 0.25) is 0 Å². The molecule has 0 radical (unpaired) electrons. The summed E-state index contributed by atoms with van der Waals surface area (Å²) in [6.45, 7) is 13.8. The van der Waals surface area contributed by atoms with Gasteiger partial charge in [0.25, 0.3) is 0 Å². The van der Waals surface area contributed by atoms with Crippen molar-refractivity contribution in [1.29, 1.82) is 0 Å². The summed E-state index contributed by atoms with van der Waals surface area (Å²) in [4.78, 5) is 2.31. The molecule has 25 heavy (non-hydrogen) atoms. The number of hydrogen-bond acceptors (Lipinski definition) is 4. The van der Waals surface area contributed by atoms with Crippen LogP contribution in [0.25, 0.3) is 0 Å². The van der Waals surface area contributed by atoms with Gasteiger partial charge in [0, 0.05) is 26.2 Å². The zero-order valence-electron chi connectivity index (χ0n) is 16.5. The molecule has 1 saturated heterocycles. The molecule has 0 bridgehead atoms. The lowest BCUT2D eigenvalue weighted by molar-refractivity contribution is -0.0594. The Morgan fingerprint density at radius 3 is 2.68 bits per heavy atom. The van der Waals surface area contributed by atoms with Crippen LogP contribution in [0.5, 0.6) is 0 Å². The first-order valence-electron chi connectivity index (χ1n) is 9.45. The fourth-order valence-corrected chi connectivity index (χ4v) is 3.24. The molecule has 2 unspecified atom stereocenters. The zero-order chi connectivity index (χ0) is 18.4. The Labute approximate surface area is 153 Å². The fourth-order valence-electron chi connectivity index (χ4n) is 3.24. The van der Waals surface area contributed by atoms with Gasteiger partial charge in [-0.05, 0) is 58.6 Å². The lowest BCUT2D eigenvalue weighted by Gasteiger charge is -2.29. The highest BCUT2D eigenvalue weighted by molar-refractivity contribution is 5.30. The molecule has 0 saturated carbocycles. The molecule has 0 aliphatic carbocycles. The van der Waals surface area contributed by atoms with Crippen molar-refractivity contribution in [2.45, 2.75) is 71.8 Å². The Morgan fingerprint density at radius 1 is 1.32 bits per heavy atom. The minimum Gasteiger partial charge on any atom is -0.389 e. The molecule has 4 heteroatoms. The van der Waals surface area contributed by atoms with Crippen molar-refractivity contribution in [3.8, 4) is 0 Å². The Morgan fingerprint density at radius 2 is 2.08 bits per heavy atom. The van der Waals surface area contributed by atoms with E-state index in [9.17, 15) is 5.11 Å². The van der Waals surface area contributed by atoms with Gasteiger partial charge in [0.1, 0.15) is 0 Å². The van der Waals surface area contributed by atoms with E-state index >= 15 is 0 Å². The normalized spacial score (nSPS) is 19.6. The molecule has 1 aromatic carbocycles. The van der Waals surface area contributed by atoms with Crippen molar-refractivity contribution in [1.82, 2.24) is 4.90 Å². The maximum atomic E-state index is 10.4. The van der Waals surface area contributed by atoms with Gasteiger partial charge in [-0.2, -0.15) is 0 Å².